The van der Waals surface area contributed by atoms with E-state index in [9.17, 15) is 8.42 Å². The molecule has 0 radical (unpaired) electrons. The van der Waals surface area contributed by atoms with E-state index in [4.69, 9.17) is 0 Å². The molecule has 0 aromatic heterocycles. The van der Waals surface area contributed by atoms with Crippen molar-refractivity contribution in [2.24, 2.45) is 0 Å². The lowest BCUT2D eigenvalue weighted by molar-refractivity contribution is -0.894. The lowest BCUT2D eigenvalue weighted by Crippen LogP contribution is -2.55. The van der Waals surface area contributed by atoms with Crippen LogP contribution in [0.2, 0.25) is 0 Å². The van der Waals surface area contributed by atoms with Gasteiger partial charge in [-0.2, -0.15) is 0 Å². The summed E-state index contributed by atoms with van der Waals surface area (Å²) in [4.78, 5) is 2.03. The van der Waals surface area contributed by atoms with Gasteiger partial charge >= 0.3 is 0 Å². The monoisotopic (exact) mass is 221 g/mol. The molecule has 2 atom stereocenters. The van der Waals surface area contributed by atoms with Gasteiger partial charge in [0.2, 0.25) is 0 Å². The van der Waals surface area contributed by atoms with E-state index in [1.54, 1.807) is 0 Å². The molecule has 14 heavy (non-hydrogen) atoms. The van der Waals surface area contributed by atoms with Crippen LogP contribution in [0.1, 0.15) is 0 Å². The second-order valence-corrected chi connectivity index (χ2v) is 7.45. The lowest BCUT2D eigenvalue weighted by Gasteiger charge is -2.36. The largest absolute Gasteiger partial charge is 0.326 e. The molecule has 4 nitrogen and oxygen atoms in total. The molecule has 0 aromatic rings. The Kier molecular flexibility index (Phi) is 2.96. The summed E-state index contributed by atoms with van der Waals surface area (Å²) in [5.41, 5.74) is 0. The van der Waals surface area contributed by atoms with Crippen LogP contribution in [0.3, 0.4) is 0 Å². The van der Waals surface area contributed by atoms with Gasteiger partial charge in [0.1, 0.15) is 11.8 Å². The first-order valence-electron chi connectivity index (χ1n) is 4.81. The number of hydrogen-bond donors (Lipinski definition) is 0. The van der Waals surface area contributed by atoms with E-state index in [0.29, 0.717) is 16.0 Å². The number of hydrogen-bond acceptors (Lipinski definition) is 3. The number of rotatable bonds is 2. The minimum Gasteiger partial charge on any atom is -0.326 e. The summed E-state index contributed by atoms with van der Waals surface area (Å²) < 4.78 is 23.8. The fraction of sp³-hybridized carbons (Fsp3) is 1.00. The van der Waals surface area contributed by atoms with Crippen LogP contribution in [0.25, 0.3) is 0 Å². The topological polar surface area (TPSA) is 37.4 Å². The normalized spacial score (nSPS) is 32.4. The van der Waals surface area contributed by atoms with Crippen LogP contribution in [-0.2, 0) is 9.84 Å². The highest BCUT2D eigenvalue weighted by molar-refractivity contribution is 7.91. The molecule has 1 fully saturated rings. The van der Waals surface area contributed by atoms with Crippen LogP contribution in [-0.4, -0.2) is 76.6 Å². The lowest BCUT2D eigenvalue weighted by atomic mass is 10.1. The molecular formula is C9H21N2O2S+. The molecule has 1 saturated heterocycles. The Morgan fingerprint density at radius 2 is 1.64 bits per heavy atom. The number of likely N-dealkylation sites (N-methyl/N-ethyl adjacent to an activating group) is 2. The van der Waals surface area contributed by atoms with Crippen molar-refractivity contribution in [1.82, 2.24) is 4.90 Å². The molecule has 0 spiro atoms. The SMILES string of the molecule is CN(C)[C@H]1CS(=O)(=O)C[C@@H]1[N+](C)(C)C. The zero-order chi connectivity index (χ0) is 11.1. The van der Waals surface area contributed by atoms with Gasteiger partial charge in [-0.1, -0.05) is 0 Å². The predicted molar refractivity (Wildman–Crippen MR) is 57.9 cm³/mol. The maximum absolute atomic E-state index is 11.6. The van der Waals surface area contributed by atoms with Crippen molar-refractivity contribution in [3.63, 3.8) is 0 Å². The van der Waals surface area contributed by atoms with E-state index in [1.165, 1.54) is 0 Å². The Hall–Kier alpha value is -0.130. The molecule has 0 aromatic carbocycles. The van der Waals surface area contributed by atoms with Crippen LogP contribution in [0.5, 0.6) is 0 Å². The number of sulfone groups is 1. The maximum Gasteiger partial charge on any atom is 0.157 e. The summed E-state index contributed by atoms with van der Waals surface area (Å²) >= 11 is 0. The maximum atomic E-state index is 11.6. The van der Waals surface area contributed by atoms with Crippen molar-refractivity contribution in [3.05, 3.63) is 0 Å². The van der Waals surface area contributed by atoms with Gasteiger partial charge in [0.05, 0.1) is 32.9 Å². The van der Waals surface area contributed by atoms with Gasteiger partial charge in [0.25, 0.3) is 0 Å². The van der Waals surface area contributed by atoms with E-state index in [1.807, 2.05) is 19.0 Å². The second-order valence-electron chi connectivity index (χ2n) is 5.29. The molecule has 0 unspecified atom stereocenters. The third-order valence-corrected chi connectivity index (χ3v) is 4.65. The minimum absolute atomic E-state index is 0.153. The fourth-order valence-corrected chi connectivity index (χ4v) is 4.41. The predicted octanol–water partition coefficient (Wildman–Crippen LogP) is -0.580. The highest BCUT2D eigenvalue weighted by atomic mass is 32.2. The molecule has 1 aliphatic rings. The van der Waals surface area contributed by atoms with Crippen molar-refractivity contribution in [2.75, 3.05) is 46.7 Å². The Labute approximate surface area is 87.0 Å². The van der Waals surface area contributed by atoms with Crippen LogP contribution in [0.15, 0.2) is 0 Å². The molecule has 84 valence electrons. The van der Waals surface area contributed by atoms with E-state index in [-0.39, 0.29) is 12.1 Å². The fourth-order valence-electron chi connectivity index (χ4n) is 2.04. The van der Waals surface area contributed by atoms with Crippen molar-refractivity contribution in [3.8, 4) is 0 Å². The highest BCUT2D eigenvalue weighted by Crippen LogP contribution is 2.23. The summed E-state index contributed by atoms with van der Waals surface area (Å²) in [6.07, 6.45) is 0. The summed E-state index contributed by atoms with van der Waals surface area (Å²) in [6, 6.07) is 0.343. The molecule has 0 N–H and O–H groups in total. The molecular weight excluding hydrogens is 200 g/mol. The molecule has 1 heterocycles. The van der Waals surface area contributed by atoms with Gasteiger partial charge < -0.3 is 9.38 Å². The average Bonchev–Trinajstić information content (AvgIpc) is 2.24. The third kappa shape index (κ3) is 2.46. The summed E-state index contributed by atoms with van der Waals surface area (Å²) in [6.45, 7) is 0. The first kappa shape index (κ1) is 11.9. The second kappa shape index (κ2) is 3.47. The Balaban J connectivity index is 2.95. The average molecular weight is 221 g/mol. The Morgan fingerprint density at radius 3 is 1.93 bits per heavy atom. The van der Waals surface area contributed by atoms with Gasteiger partial charge in [-0.3, -0.25) is 0 Å². The van der Waals surface area contributed by atoms with Crippen molar-refractivity contribution >= 4 is 9.84 Å². The zero-order valence-corrected chi connectivity index (χ0v) is 10.5. The highest BCUT2D eigenvalue weighted by Gasteiger charge is 2.46. The van der Waals surface area contributed by atoms with Crippen LogP contribution in [0, 0.1) is 0 Å². The Bertz CT molecular complexity index is 303. The van der Waals surface area contributed by atoms with E-state index < -0.39 is 9.84 Å². The molecule has 0 saturated carbocycles. The minimum atomic E-state index is -2.83. The van der Waals surface area contributed by atoms with Crippen molar-refractivity contribution in [1.29, 1.82) is 0 Å². The molecule has 0 aliphatic carbocycles. The van der Waals surface area contributed by atoms with Gasteiger partial charge in [-0.05, 0) is 14.1 Å². The van der Waals surface area contributed by atoms with E-state index in [2.05, 4.69) is 21.1 Å². The zero-order valence-electron chi connectivity index (χ0n) is 9.69. The van der Waals surface area contributed by atoms with Gasteiger partial charge in [0.15, 0.2) is 9.84 Å². The van der Waals surface area contributed by atoms with E-state index >= 15 is 0 Å². The van der Waals surface area contributed by atoms with Crippen molar-refractivity contribution < 1.29 is 12.9 Å². The molecule has 0 amide bonds. The van der Waals surface area contributed by atoms with E-state index in [0.717, 1.165) is 0 Å². The smallest absolute Gasteiger partial charge is 0.157 e. The van der Waals surface area contributed by atoms with Gasteiger partial charge in [-0.15, -0.1) is 0 Å². The first-order valence-corrected chi connectivity index (χ1v) is 6.63. The summed E-state index contributed by atoms with van der Waals surface area (Å²) in [7, 11) is 7.25. The van der Waals surface area contributed by atoms with Crippen LogP contribution in [0.4, 0.5) is 0 Å². The summed E-state index contributed by atoms with van der Waals surface area (Å²) in [5, 5.41) is 0. The Morgan fingerprint density at radius 1 is 1.14 bits per heavy atom. The molecule has 0 bridgehead atoms. The molecule has 1 aliphatic heterocycles. The molecule has 1 rings (SSSR count). The van der Waals surface area contributed by atoms with Gasteiger partial charge in [0, 0.05) is 0 Å². The number of quaternary nitrogens is 1. The molecule has 5 heteroatoms. The van der Waals surface area contributed by atoms with Crippen LogP contribution < -0.4 is 0 Å². The van der Waals surface area contributed by atoms with Gasteiger partial charge in [-0.25, -0.2) is 8.42 Å². The third-order valence-electron chi connectivity index (χ3n) is 2.95. The first-order chi connectivity index (χ1) is 6.13. The quantitative estimate of drug-likeness (QED) is 0.586. The summed E-state index contributed by atoms with van der Waals surface area (Å²) in [5.74, 6) is 0.625. The number of nitrogens with zero attached hydrogens (tertiary/aromatic N) is 2. The standard InChI is InChI=1S/C9H21N2O2S/c1-10(2)8-6-14(12,13)7-9(8)11(3,4)5/h8-9H,6-7H2,1-5H3/q+1/t8-,9-/m0/s1. The van der Waals surface area contributed by atoms with Crippen molar-refractivity contribution in [2.45, 2.75) is 12.1 Å². The van der Waals surface area contributed by atoms with Crippen LogP contribution >= 0.6 is 0 Å².